The molecular weight excluding hydrogens is 216 g/mol. The van der Waals surface area contributed by atoms with Crippen molar-refractivity contribution in [2.75, 3.05) is 32.8 Å². The lowest BCUT2D eigenvalue weighted by molar-refractivity contribution is -0.0977. The van der Waals surface area contributed by atoms with E-state index >= 15 is 0 Å². The number of nitriles is 1. The Morgan fingerprint density at radius 3 is 2.53 bits per heavy atom. The van der Waals surface area contributed by atoms with Gasteiger partial charge in [0, 0.05) is 19.7 Å². The summed E-state index contributed by atoms with van der Waals surface area (Å²) >= 11 is 0. The van der Waals surface area contributed by atoms with E-state index in [4.69, 9.17) is 4.74 Å². The third kappa shape index (κ3) is 2.20. The predicted octanol–water partition coefficient (Wildman–Crippen LogP) is 1.15. The second-order valence-electron chi connectivity index (χ2n) is 5.37. The van der Waals surface area contributed by atoms with Crippen LogP contribution < -0.4 is 0 Å². The Morgan fingerprint density at radius 2 is 2.06 bits per heavy atom. The second kappa shape index (κ2) is 4.93. The van der Waals surface area contributed by atoms with Crippen LogP contribution in [0.5, 0.6) is 0 Å². The van der Waals surface area contributed by atoms with Gasteiger partial charge in [-0.15, -0.1) is 0 Å². The van der Waals surface area contributed by atoms with Gasteiger partial charge in [-0.25, -0.2) is 0 Å². The normalized spacial score (nSPS) is 33.5. The molecule has 2 heterocycles. The van der Waals surface area contributed by atoms with Crippen molar-refractivity contribution in [1.82, 2.24) is 4.90 Å². The van der Waals surface area contributed by atoms with Crippen molar-refractivity contribution in [2.24, 2.45) is 5.41 Å². The molecule has 17 heavy (non-hydrogen) atoms. The third-order valence-corrected chi connectivity index (χ3v) is 4.35. The Kier molecular flexibility index (Phi) is 3.72. The highest BCUT2D eigenvalue weighted by atomic mass is 16.5. The minimum Gasteiger partial charge on any atom is -0.388 e. The van der Waals surface area contributed by atoms with Crippen LogP contribution in [0.25, 0.3) is 0 Å². The fraction of sp³-hybridized carbons (Fsp3) is 0.923. The SMILES string of the molecule is CCCN1CCC(O)(C2(C#N)CCOC2)CC1. The summed E-state index contributed by atoms with van der Waals surface area (Å²) in [5.74, 6) is 0. The number of aliphatic hydroxyl groups is 1. The summed E-state index contributed by atoms with van der Waals surface area (Å²) in [7, 11) is 0. The van der Waals surface area contributed by atoms with Crippen molar-refractivity contribution in [3.8, 4) is 6.07 Å². The molecule has 2 saturated heterocycles. The maximum Gasteiger partial charge on any atom is 0.111 e. The van der Waals surface area contributed by atoms with Gasteiger partial charge in [0.25, 0.3) is 0 Å². The quantitative estimate of drug-likeness (QED) is 0.801. The van der Waals surface area contributed by atoms with Crippen LogP contribution in [0.1, 0.15) is 32.6 Å². The molecule has 2 aliphatic rings. The van der Waals surface area contributed by atoms with E-state index in [1.165, 1.54) is 0 Å². The molecule has 0 aromatic heterocycles. The van der Waals surface area contributed by atoms with Crippen molar-refractivity contribution in [3.05, 3.63) is 0 Å². The highest BCUT2D eigenvalue weighted by Crippen LogP contribution is 2.44. The minimum atomic E-state index is -0.845. The van der Waals surface area contributed by atoms with Crippen LogP contribution >= 0.6 is 0 Å². The zero-order valence-corrected chi connectivity index (χ0v) is 10.6. The molecule has 4 heteroatoms. The summed E-state index contributed by atoms with van der Waals surface area (Å²) in [6, 6.07) is 2.34. The molecule has 2 aliphatic heterocycles. The maximum absolute atomic E-state index is 10.8. The highest BCUT2D eigenvalue weighted by molar-refractivity contribution is 5.14. The van der Waals surface area contributed by atoms with Gasteiger partial charge in [0.2, 0.25) is 0 Å². The minimum absolute atomic E-state index is 0.397. The predicted molar refractivity (Wildman–Crippen MR) is 64.4 cm³/mol. The number of ether oxygens (including phenoxy) is 1. The molecule has 2 rings (SSSR count). The fourth-order valence-corrected chi connectivity index (χ4v) is 3.07. The van der Waals surface area contributed by atoms with Crippen molar-refractivity contribution in [3.63, 3.8) is 0 Å². The number of rotatable bonds is 3. The first-order valence-corrected chi connectivity index (χ1v) is 6.59. The first-order chi connectivity index (χ1) is 8.16. The fourth-order valence-electron chi connectivity index (χ4n) is 3.07. The average molecular weight is 238 g/mol. The van der Waals surface area contributed by atoms with Gasteiger partial charge in [-0.3, -0.25) is 0 Å². The van der Waals surface area contributed by atoms with Crippen LogP contribution in [0.2, 0.25) is 0 Å². The lowest BCUT2D eigenvalue weighted by Crippen LogP contribution is -2.55. The number of hydrogen-bond acceptors (Lipinski definition) is 4. The van der Waals surface area contributed by atoms with Crippen LogP contribution in [0.15, 0.2) is 0 Å². The van der Waals surface area contributed by atoms with Crippen molar-refractivity contribution < 1.29 is 9.84 Å². The van der Waals surface area contributed by atoms with Gasteiger partial charge in [-0.05, 0) is 32.2 Å². The molecule has 0 aliphatic carbocycles. The second-order valence-corrected chi connectivity index (χ2v) is 5.37. The van der Waals surface area contributed by atoms with Crippen molar-refractivity contribution in [2.45, 2.75) is 38.2 Å². The Hall–Kier alpha value is -0.630. The van der Waals surface area contributed by atoms with Crippen molar-refractivity contribution in [1.29, 1.82) is 5.26 Å². The topological polar surface area (TPSA) is 56.5 Å². The van der Waals surface area contributed by atoms with Gasteiger partial charge in [0.1, 0.15) is 5.41 Å². The number of nitrogens with zero attached hydrogens (tertiary/aromatic N) is 2. The highest BCUT2D eigenvalue weighted by Gasteiger charge is 2.54. The van der Waals surface area contributed by atoms with Crippen LogP contribution in [-0.2, 0) is 4.74 Å². The molecule has 1 N–H and O–H groups in total. The van der Waals surface area contributed by atoms with Gasteiger partial charge in [-0.1, -0.05) is 6.92 Å². The molecule has 1 unspecified atom stereocenters. The standard InChI is InChI=1S/C13H22N2O2/c1-2-6-15-7-3-13(16,4-8-15)12(10-14)5-9-17-11-12/h16H,2-9,11H2,1H3. The smallest absolute Gasteiger partial charge is 0.111 e. The monoisotopic (exact) mass is 238 g/mol. The molecule has 0 spiro atoms. The molecule has 0 aromatic rings. The summed E-state index contributed by atoms with van der Waals surface area (Å²) in [6.45, 7) is 6.05. The molecule has 2 fully saturated rings. The van der Waals surface area contributed by atoms with Crippen molar-refractivity contribution >= 4 is 0 Å². The zero-order valence-electron chi connectivity index (χ0n) is 10.6. The number of likely N-dealkylation sites (tertiary alicyclic amines) is 1. The van der Waals surface area contributed by atoms with Crippen LogP contribution in [0.4, 0.5) is 0 Å². The molecule has 0 saturated carbocycles. The van der Waals surface area contributed by atoms with Gasteiger partial charge in [-0.2, -0.15) is 5.26 Å². The summed E-state index contributed by atoms with van der Waals surface area (Å²) in [6.07, 6.45) is 3.21. The summed E-state index contributed by atoms with van der Waals surface area (Å²) < 4.78 is 5.35. The molecule has 96 valence electrons. The zero-order chi connectivity index (χ0) is 12.4. The lowest BCUT2D eigenvalue weighted by atomic mass is 9.67. The average Bonchev–Trinajstić information content (AvgIpc) is 2.83. The van der Waals surface area contributed by atoms with E-state index in [-0.39, 0.29) is 0 Å². The van der Waals surface area contributed by atoms with E-state index in [0.29, 0.717) is 32.5 Å². The first-order valence-electron chi connectivity index (χ1n) is 6.59. The van der Waals surface area contributed by atoms with E-state index < -0.39 is 11.0 Å². The Labute approximate surface area is 103 Å². The molecule has 0 amide bonds. The van der Waals surface area contributed by atoms with Gasteiger partial charge in [0.05, 0.1) is 18.3 Å². The number of hydrogen-bond donors (Lipinski definition) is 1. The Bertz CT molecular complexity index is 297. The van der Waals surface area contributed by atoms with Gasteiger partial charge >= 0.3 is 0 Å². The van der Waals surface area contributed by atoms with Crippen LogP contribution in [-0.4, -0.2) is 48.5 Å². The van der Waals surface area contributed by atoms with E-state index in [0.717, 1.165) is 26.1 Å². The van der Waals surface area contributed by atoms with Gasteiger partial charge in [0.15, 0.2) is 0 Å². The van der Waals surface area contributed by atoms with Crippen LogP contribution in [0.3, 0.4) is 0 Å². The Morgan fingerprint density at radius 1 is 1.35 bits per heavy atom. The van der Waals surface area contributed by atoms with E-state index in [1.54, 1.807) is 0 Å². The third-order valence-electron chi connectivity index (χ3n) is 4.35. The van der Waals surface area contributed by atoms with E-state index in [2.05, 4.69) is 17.9 Å². The lowest BCUT2D eigenvalue weighted by Gasteiger charge is -2.45. The summed E-state index contributed by atoms with van der Waals surface area (Å²) in [5.41, 5.74) is -1.51. The maximum atomic E-state index is 10.8. The van der Waals surface area contributed by atoms with Crippen LogP contribution in [0, 0.1) is 16.7 Å². The van der Waals surface area contributed by atoms with E-state index in [9.17, 15) is 10.4 Å². The summed E-state index contributed by atoms with van der Waals surface area (Å²) in [5, 5.41) is 20.2. The molecule has 0 aromatic carbocycles. The van der Waals surface area contributed by atoms with E-state index in [1.807, 2.05) is 0 Å². The molecule has 0 bridgehead atoms. The molecule has 0 radical (unpaired) electrons. The largest absolute Gasteiger partial charge is 0.388 e. The molecule has 1 atom stereocenters. The molecule has 4 nitrogen and oxygen atoms in total. The molecular formula is C13H22N2O2. The number of piperidine rings is 1. The van der Waals surface area contributed by atoms with Gasteiger partial charge < -0.3 is 14.7 Å². The Balaban J connectivity index is 2.04. The summed E-state index contributed by atoms with van der Waals surface area (Å²) in [4.78, 5) is 2.37. The first kappa shape index (κ1) is 12.8.